The number of carbonyl (C=O) groups excluding carboxylic acids is 2. The Hall–Kier alpha value is -3.08. The Balaban J connectivity index is 4.36. The SMILES string of the molecule is CC/C=C\C/C=C\C/C=C\C/C=C\CCCCCCCCCCC(=O)OC(COC(=O)CCCCCCC/C=C\C/C=C\CCCC)COP(=O)(O)OCC(N)C(=O)O. The van der Waals surface area contributed by atoms with Gasteiger partial charge in [-0.3, -0.25) is 23.4 Å². The smallest absolute Gasteiger partial charge is 0.472 e. The summed E-state index contributed by atoms with van der Waals surface area (Å²) in [5, 5.41) is 8.90. The average molecular weight is 850 g/mol. The average Bonchev–Trinajstić information content (AvgIpc) is 3.21. The van der Waals surface area contributed by atoms with Gasteiger partial charge in [-0.05, 0) is 77.0 Å². The van der Waals surface area contributed by atoms with Gasteiger partial charge < -0.3 is 25.2 Å². The number of allylic oxidation sites excluding steroid dienone is 12. The molecule has 59 heavy (non-hydrogen) atoms. The molecule has 4 N–H and O–H groups in total. The van der Waals surface area contributed by atoms with E-state index >= 15 is 0 Å². The van der Waals surface area contributed by atoms with Gasteiger partial charge in [0.2, 0.25) is 0 Å². The molecule has 0 amide bonds. The zero-order valence-corrected chi connectivity index (χ0v) is 37.5. The van der Waals surface area contributed by atoms with E-state index in [1.807, 2.05) is 0 Å². The van der Waals surface area contributed by atoms with Crippen molar-refractivity contribution in [3.8, 4) is 0 Å². The first-order valence-corrected chi connectivity index (χ1v) is 24.0. The van der Waals surface area contributed by atoms with E-state index in [1.54, 1.807) is 0 Å². The molecule has 11 nitrogen and oxygen atoms in total. The lowest BCUT2D eigenvalue weighted by Crippen LogP contribution is -2.34. The van der Waals surface area contributed by atoms with Gasteiger partial charge in [-0.15, -0.1) is 0 Å². The van der Waals surface area contributed by atoms with Crippen molar-refractivity contribution < 1.29 is 47.5 Å². The highest BCUT2D eigenvalue weighted by Crippen LogP contribution is 2.43. The van der Waals surface area contributed by atoms with Gasteiger partial charge in [0.1, 0.15) is 12.6 Å². The summed E-state index contributed by atoms with van der Waals surface area (Å²) < 4.78 is 32.7. The van der Waals surface area contributed by atoms with Crippen LogP contribution in [-0.4, -0.2) is 59.9 Å². The van der Waals surface area contributed by atoms with E-state index in [-0.39, 0.29) is 19.4 Å². The maximum absolute atomic E-state index is 12.6. The maximum Gasteiger partial charge on any atom is 0.472 e. The number of ether oxygens (including phenoxy) is 2. The molecule has 0 saturated carbocycles. The van der Waals surface area contributed by atoms with E-state index in [0.717, 1.165) is 103 Å². The molecule has 0 aromatic rings. The zero-order valence-electron chi connectivity index (χ0n) is 36.6. The number of nitrogens with two attached hydrogens (primary N) is 1. The van der Waals surface area contributed by atoms with E-state index in [9.17, 15) is 23.8 Å². The Kier molecular flexibility index (Phi) is 39.5. The number of unbranched alkanes of at least 4 members (excludes halogenated alkanes) is 15. The van der Waals surface area contributed by atoms with Crippen LogP contribution in [0.15, 0.2) is 72.9 Å². The van der Waals surface area contributed by atoms with Crippen molar-refractivity contribution in [3.05, 3.63) is 72.9 Å². The van der Waals surface area contributed by atoms with Gasteiger partial charge in [-0.2, -0.15) is 0 Å². The normalized spacial score (nSPS) is 14.4. The molecule has 3 unspecified atom stereocenters. The van der Waals surface area contributed by atoms with Crippen LogP contribution in [0.1, 0.15) is 174 Å². The molecule has 0 aromatic carbocycles. The molecule has 0 radical (unpaired) electrons. The largest absolute Gasteiger partial charge is 0.480 e. The fraction of sp³-hybridized carbons (Fsp3) is 0.681. The summed E-state index contributed by atoms with van der Waals surface area (Å²) in [6.07, 6.45) is 49.6. The van der Waals surface area contributed by atoms with E-state index in [1.165, 1.54) is 32.1 Å². The molecular formula is C47H80NO10P. The first-order valence-electron chi connectivity index (χ1n) is 22.5. The summed E-state index contributed by atoms with van der Waals surface area (Å²) in [5.74, 6) is -2.41. The first kappa shape index (κ1) is 55.9. The lowest BCUT2D eigenvalue weighted by Gasteiger charge is -2.20. The Morgan fingerprint density at radius 3 is 1.42 bits per heavy atom. The topological polar surface area (TPSA) is 172 Å². The number of phosphoric ester groups is 1. The van der Waals surface area contributed by atoms with Crippen LogP contribution in [0, 0.1) is 0 Å². The van der Waals surface area contributed by atoms with Crippen LogP contribution in [0.3, 0.4) is 0 Å². The molecule has 3 atom stereocenters. The Labute approximate surface area is 357 Å². The molecule has 0 aliphatic heterocycles. The van der Waals surface area contributed by atoms with Crippen LogP contribution in [0.25, 0.3) is 0 Å². The highest BCUT2D eigenvalue weighted by molar-refractivity contribution is 7.47. The van der Waals surface area contributed by atoms with Gasteiger partial charge in [0, 0.05) is 12.8 Å². The van der Waals surface area contributed by atoms with Crippen LogP contribution in [0.5, 0.6) is 0 Å². The second-order valence-corrected chi connectivity index (χ2v) is 16.2. The number of carboxylic acid groups (broad SMARTS) is 1. The molecule has 0 spiro atoms. The van der Waals surface area contributed by atoms with Crippen LogP contribution < -0.4 is 5.73 Å². The van der Waals surface area contributed by atoms with Gasteiger partial charge in [0.25, 0.3) is 0 Å². The van der Waals surface area contributed by atoms with Crippen LogP contribution in [0.4, 0.5) is 0 Å². The lowest BCUT2D eigenvalue weighted by molar-refractivity contribution is -0.161. The summed E-state index contributed by atoms with van der Waals surface area (Å²) >= 11 is 0. The lowest BCUT2D eigenvalue weighted by atomic mass is 10.1. The monoisotopic (exact) mass is 850 g/mol. The van der Waals surface area contributed by atoms with Gasteiger partial charge in [-0.1, -0.05) is 157 Å². The summed E-state index contributed by atoms with van der Waals surface area (Å²) in [7, 11) is -4.73. The summed E-state index contributed by atoms with van der Waals surface area (Å²) in [6, 6.07) is -1.53. The second kappa shape index (κ2) is 41.6. The minimum Gasteiger partial charge on any atom is -0.480 e. The van der Waals surface area contributed by atoms with E-state index in [0.29, 0.717) is 12.8 Å². The fourth-order valence-corrected chi connectivity index (χ4v) is 6.44. The fourth-order valence-electron chi connectivity index (χ4n) is 5.66. The predicted molar refractivity (Wildman–Crippen MR) is 240 cm³/mol. The number of phosphoric acid groups is 1. The standard InChI is InChI=1S/C47H80NO10P/c1-3-5-7-9-11-13-15-17-19-20-21-22-23-24-25-27-29-31-33-35-37-39-46(50)58-43(41-56-59(53,54)57-42-44(48)47(51)52)40-55-45(49)38-36-34-32-30-28-26-18-16-14-12-10-8-6-4-2/h5,7,10-13,16-19,21-22,43-44H,3-4,6,8-9,14-15,20,23-42,48H2,1-2H3,(H,51,52)(H,53,54)/b7-5-,12-10-,13-11-,18-16-,19-17-,22-21-. The van der Waals surface area contributed by atoms with Crippen molar-refractivity contribution in [2.24, 2.45) is 5.73 Å². The number of hydrogen-bond acceptors (Lipinski definition) is 9. The van der Waals surface area contributed by atoms with Gasteiger partial charge in [-0.25, -0.2) is 4.57 Å². The molecule has 338 valence electrons. The highest BCUT2D eigenvalue weighted by atomic mass is 31.2. The van der Waals surface area contributed by atoms with Gasteiger partial charge in [0.05, 0.1) is 13.2 Å². The Morgan fingerprint density at radius 1 is 0.542 bits per heavy atom. The number of hydrogen-bond donors (Lipinski definition) is 3. The molecule has 0 saturated heterocycles. The summed E-state index contributed by atoms with van der Waals surface area (Å²) in [6.45, 7) is 2.62. The van der Waals surface area contributed by atoms with Crippen molar-refractivity contribution >= 4 is 25.7 Å². The van der Waals surface area contributed by atoms with E-state index in [4.69, 9.17) is 24.8 Å². The third kappa shape index (κ3) is 41.4. The van der Waals surface area contributed by atoms with Crippen molar-refractivity contribution in [1.82, 2.24) is 0 Å². The third-order valence-corrected chi connectivity index (χ3v) is 10.1. The molecule has 0 bridgehead atoms. The molecule has 0 heterocycles. The number of carbonyl (C=O) groups is 3. The number of carboxylic acids is 1. The molecule has 0 fully saturated rings. The van der Waals surface area contributed by atoms with Crippen LogP contribution in [0.2, 0.25) is 0 Å². The molecule has 0 rings (SSSR count). The van der Waals surface area contributed by atoms with E-state index in [2.05, 4.69) is 91.3 Å². The van der Waals surface area contributed by atoms with Crippen LogP contribution in [-0.2, 0) is 37.5 Å². The predicted octanol–water partition coefficient (Wildman–Crippen LogP) is 12.1. The Bertz CT molecular complexity index is 1280. The summed E-state index contributed by atoms with van der Waals surface area (Å²) in [4.78, 5) is 46.0. The summed E-state index contributed by atoms with van der Waals surface area (Å²) in [5.41, 5.74) is 5.33. The number of rotatable bonds is 41. The molecule has 0 aliphatic rings. The van der Waals surface area contributed by atoms with Crippen molar-refractivity contribution in [1.29, 1.82) is 0 Å². The van der Waals surface area contributed by atoms with Gasteiger partial charge in [0.15, 0.2) is 6.10 Å². The molecule has 0 aliphatic carbocycles. The van der Waals surface area contributed by atoms with Gasteiger partial charge >= 0.3 is 25.7 Å². The van der Waals surface area contributed by atoms with Crippen molar-refractivity contribution in [2.75, 3.05) is 19.8 Å². The maximum atomic E-state index is 12.6. The Morgan fingerprint density at radius 2 is 0.949 bits per heavy atom. The first-order chi connectivity index (χ1) is 28.6. The number of esters is 2. The minimum absolute atomic E-state index is 0.145. The van der Waals surface area contributed by atoms with Crippen molar-refractivity contribution in [2.45, 2.75) is 187 Å². The zero-order chi connectivity index (χ0) is 43.5. The molecular weight excluding hydrogens is 769 g/mol. The van der Waals surface area contributed by atoms with Crippen molar-refractivity contribution in [3.63, 3.8) is 0 Å². The minimum atomic E-state index is -4.73. The third-order valence-electron chi connectivity index (χ3n) is 9.19. The van der Waals surface area contributed by atoms with E-state index < -0.39 is 51.1 Å². The van der Waals surface area contributed by atoms with Crippen LogP contribution >= 0.6 is 7.82 Å². The number of aliphatic carboxylic acids is 1. The second-order valence-electron chi connectivity index (χ2n) is 14.8. The molecule has 0 aromatic heterocycles. The molecule has 12 heteroatoms. The highest BCUT2D eigenvalue weighted by Gasteiger charge is 2.28. The quantitative estimate of drug-likeness (QED) is 0.0231.